The molecule has 1 rings (SSSR count). The number of hydrogen-bond acceptors (Lipinski definition) is 0. The Bertz CT molecular complexity index is 246. The van der Waals surface area contributed by atoms with Crippen LogP contribution in [-0.2, 0) is 6.42 Å². The second-order valence-corrected chi connectivity index (χ2v) is 2.73. The molecule has 0 bridgehead atoms. The Kier molecular flexibility index (Phi) is 3.52. The maximum absolute atomic E-state index is 12.5. The summed E-state index contributed by atoms with van der Waals surface area (Å²) in [7, 11) is 0. The Morgan fingerprint density at radius 1 is 1.25 bits per heavy atom. The van der Waals surface area contributed by atoms with Gasteiger partial charge in [-0.3, -0.25) is 0 Å². The van der Waals surface area contributed by atoms with Crippen LogP contribution in [0, 0.1) is 5.82 Å². The molecule has 64 valence electrons. The molecule has 0 aliphatic heterocycles. The maximum Gasteiger partial charge on any atom is 0.123 e. The van der Waals surface area contributed by atoms with Crippen LogP contribution >= 0.6 is 0 Å². The zero-order valence-corrected chi connectivity index (χ0v) is 7.26. The summed E-state index contributed by atoms with van der Waals surface area (Å²) in [5.41, 5.74) is 1.19. The number of allylic oxidation sites excluding steroid dienone is 2. The summed E-state index contributed by atoms with van der Waals surface area (Å²) in [5, 5.41) is 0. The molecule has 0 nitrogen and oxygen atoms in total. The SMILES string of the molecule is C/C=C/CCc1ccc(F)cc1. The fraction of sp³-hybridized carbons (Fsp3) is 0.273. The van der Waals surface area contributed by atoms with Crippen molar-refractivity contribution in [2.75, 3.05) is 0 Å². The highest BCUT2D eigenvalue weighted by Gasteiger charge is 1.91. The van der Waals surface area contributed by atoms with Crippen molar-refractivity contribution in [1.29, 1.82) is 0 Å². The molecule has 0 radical (unpaired) electrons. The second-order valence-electron chi connectivity index (χ2n) is 2.73. The minimum atomic E-state index is -0.162. The molecule has 0 saturated heterocycles. The Morgan fingerprint density at radius 3 is 2.50 bits per heavy atom. The van der Waals surface area contributed by atoms with Crippen molar-refractivity contribution in [3.8, 4) is 0 Å². The van der Waals surface area contributed by atoms with Crippen LogP contribution in [-0.4, -0.2) is 0 Å². The van der Waals surface area contributed by atoms with Gasteiger partial charge in [0.15, 0.2) is 0 Å². The molecule has 0 heterocycles. The van der Waals surface area contributed by atoms with Gasteiger partial charge in [-0.05, 0) is 37.5 Å². The molecule has 1 aromatic rings. The summed E-state index contributed by atoms with van der Waals surface area (Å²) in [6.45, 7) is 2.00. The predicted molar refractivity (Wildman–Crippen MR) is 49.5 cm³/mol. The number of benzene rings is 1. The normalized spacial score (nSPS) is 10.8. The Hall–Kier alpha value is -1.11. The second kappa shape index (κ2) is 4.70. The van der Waals surface area contributed by atoms with E-state index in [0.717, 1.165) is 12.8 Å². The van der Waals surface area contributed by atoms with E-state index < -0.39 is 0 Å². The number of rotatable bonds is 3. The van der Waals surface area contributed by atoms with Crippen LogP contribution in [0.25, 0.3) is 0 Å². The van der Waals surface area contributed by atoms with Gasteiger partial charge in [0, 0.05) is 0 Å². The predicted octanol–water partition coefficient (Wildman–Crippen LogP) is 3.33. The molecule has 1 heteroatoms. The van der Waals surface area contributed by atoms with E-state index in [4.69, 9.17) is 0 Å². The van der Waals surface area contributed by atoms with Crippen molar-refractivity contribution in [2.24, 2.45) is 0 Å². The van der Waals surface area contributed by atoms with E-state index in [-0.39, 0.29) is 5.82 Å². The molecule has 0 saturated carbocycles. The summed E-state index contributed by atoms with van der Waals surface area (Å²) in [5.74, 6) is -0.162. The quantitative estimate of drug-likeness (QED) is 0.601. The van der Waals surface area contributed by atoms with E-state index in [1.54, 1.807) is 0 Å². The summed E-state index contributed by atoms with van der Waals surface area (Å²) >= 11 is 0. The third kappa shape index (κ3) is 2.87. The van der Waals surface area contributed by atoms with Crippen molar-refractivity contribution in [3.63, 3.8) is 0 Å². The lowest BCUT2D eigenvalue weighted by Crippen LogP contribution is -1.83. The summed E-state index contributed by atoms with van der Waals surface area (Å²) in [4.78, 5) is 0. The van der Waals surface area contributed by atoms with Crippen LogP contribution in [0.15, 0.2) is 36.4 Å². The summed E-state index contributed by atoms with van der Waals surface area (Å²) in [6.07, 6.45) is 6.17. The molecule has 1 aromatic carbocycles. The summed E-state index contributed by atoms with van der Waals surface area (Å²) < 4.78 is 12.5. The Morgan fingerprint density at radius 2 is 1.92 bits per heavy atom. The molecule has 0 amide bonds. The molecule has 0 N–H and O–H groups in total. The molecule has 0 fully saturated rings. The van der Waals surface area contributed by atoms with Crippen LogP contribution in [0.3, 0.4) is 0 Å². The number of aryl methyl sites for hydroxylation is 1. The topological polar surface area (TPSA) is 0 Å². The smallest absolute Gasteiger partial charge is 0.123 e. The van der Waals surface area contributed by atoms with Gasteiger partial charge in [0.1, 0.15) is 5.82 Å². The van der Waals surface area contributed by atoms with Crippen LogP contribution in [0.1, 0.15) is 18.9 Å². The van der Waals surface area contributed by atoms with E-state index in [1.165, 1.54) is 17.7 Å². The fourth-order valence-electron chi connectivity index (χ4n) is 1.07. The van der Waals surface area contributed by atoms with Gasteiger partial charge in [-0.1, -0.05) is 24.3 Å². The van der Waals surface area contributed by atoms with Crippen molar-refractivity contribution in [1.82, 2.24) is 0 Å². The van der Waals surface area contributed by atoms with Gasteiger partial charge in [0.25, 0.3) is 0 Å². The molecule has 0 spiro atoms. The largest absolute Gasteiger partial charge is 0.207 e. The molecule has 0 aromatic heterocycles. The average molecular weight is 164 g/mol. The molecule has 0 unspecified atom stereocenters. The van der Waals surface area contributed by atoms with Crippen molar-refractivity contribution >= 4 is 0 Å². The van der Waals surface area contributed by atoms with Gasteiger partial charge in [0.2, 0.25) is 0 Å². The molecule has 12 heavy (non-hydrogen) atoms. The fourth-order valence-corrected chi connectivity index (χ4v) is 1.07. The van der Waals surface area contributed by atoms with Crippen molar-refractivity contribution in [2.45, 2.75) is 19.8 Å². The molecular weight excluding hydrogens is 151 g/mol. The first-order valence-electron chi connectivity index (χ1n) is 4.18. The lowest BCUT2D eigenvalue weighted by molar-refractivity contribution is 0.627. The minimum absolute atomic E-state index is 0.162. The van der Waals surface area contributed by atoms with Gasteiger partial charge < -0.3 is 0 Å². The van der Waals surface area contributed by atoms with Gasteiger partial charge in [0.05, 0.1) is 0 Å². The average Bonchev–Trinajstić information content (AvgIpc) is 2.09. The molecule has 0 atom stereocenters. The van der Waals surface area contributed by atoms with Crippen LogP contribution in [0.5, 0.6) is 0 Å². The third-order valence-corrected chi connectivity index (χ3v) is 1.75. The number of hydrogen-bond donors (Lipinski definition) is 0. The van der Waals surface area contributed by atoms with Crippen molar-refractivity contribution in [3.05, 3.63) is 47.8 Å². The lowest BCUT2D eigenvalue weighted by atomic mass is 10.1. The Labute approximate surface area is 72.7 Å². The zero-order valence-electron chi connectivity index (χ0n) is 7.26. The lowest BCUT2D eigenvalue weighted by Gasteiger charge is -1.96. The van der Waals surface area contributed by atoms with E-state index in [1.807, 2.05) is 25.1 Å². The summed E-state index contributed by atoms with van der Waals surface area (Å²) in [6, 6.07) is 6.67. The van der Waals surface area contributed by atoms with E-state index in [2.05, 4.69) is 6.08 Å². The van der Waals surface area contributed by atoms with E-state index >= 15 is 0 Å². The zero-order chi connectivity index (χ0) is 8.81. The van der Waals surface area contributed by atoms with Gasteiger partial charge in [-0.25, -0.2) is 4.39 Å². The monoisotopic (exact) mass is 164 g/mol. The van der Waals surface area contributed by atoms with Crippen LogP contribution in [0.2, 0.25) is 0 Å². The van der Waals surface area contributed by atoms with Gasteiger partial charge in [-0.2, -0.15) is 0 Å². The van der Waals surface area contributed by atoms with E-state index in [9.17, 15) is 4.39 Å². The highest BCUT2D eigenvalue weighted by Crippen LogP contribution is 2.05. The number of halogens is 1. The first kappa shape index (κ1) is 8.98. The molecule has 0 aliphatic carbocycles. The molecular formula is C11H13F. The van der Waals surface area contributed by atoms with Gasteiger partial charge in [-0.15, -0.1) is 0 Å². The van der Waals surface area contributed by atoms with E-state index in [0.29, 0.717) is 0 Å². The van der Waals surface area contributed by atoms with Gasteiger partial charge >= 0.3 is 0 Å². The first-order valence-corrected chi connectivity index (χ1v) is 4.18. The highest BCUT2D eigenvalue weighted by molar-refractivity contribution is 5.16. The minimum Gasteiger partial charge on any atom is -0.207 e. The maximum atomic E-state index is 12.5. The van der Waals surface area contributed by atoms with Crippen molar-refractivity contribution < 1.29 is 4.39 Å². The third-order valence-electron chi connectivity index (χ3n) is 1.75. The Balaban J connectivity index is 2.47. The molecule has 0 aliphatic rings. The van der Waals surface area contributed by atoms with Crippen LogP contribution < -0.4 is 0 Å². The first-order chi connectivity index (χ1) is 5.83. The standard InChI is InChI=1S/C11H13F/c1-2-3-4-5-10-6-8-11(12)9-7-10/h2-3,6-9H,4-5H2,1H3/b3-2+. The highest BCUT2D eigenvalue weighted by atomic mass is 19.1. The van der Waals surface area contributed by atoms with Crippen LogP contribution in [0.4, 0.5) is 4.39 Å².